The van der Waals surface area contributed by atoms with Gasteiger partial charge in [-0.3, -0.25) is 4.79 Å². The number of hydrogen-bond acceptors (Lipinski definition) is 4. The number of carbonyl (C=O) groups is 1. The Hall–Kier alpha value is -1.79. The monoisotopic (exact) mass is 320 g/mol. The van der Waals surface area contributed by atoms with Crippen LogP contribution in [-0.4, -0.2) is 36.3 Å². The van der Waals surface area contributed by atoms with E-state index < -0.39 is 0 Å². The van der Waals surface area contributed by atoms with Crippen LogP contribution in [0.4, 0.5) is 0 Å². The Labute approximate surface area is 135 Å². The van der Waals surface area contributed by atoms with Crippen molar-refractivity contribution in [3.8, 4) is 5.75 Å². The number of thioether (sulfide) groups is 1. The molecule has 0 saturated carbocycles. The lowest BCUT2D eigenvalue weighted by atomic mass is 10.0. The molecule has 0 aliphatic carbocycles. The third-order valence-corrected chi connectivity index (χ3v) is 4.09. The molecule has 0 saturated heterocycles. The van der Waals surface area contributed by atoms with E-state index in [0.717, 1.165) is 29.1 Å². The van der Waals surface area contributed by atoms with Gasteiger partial charge in [-0.15, -0.1) is 0 Å². The van der Waals surface area contributed by atoms with Gasteiger partial charge in [-0.05, 0) is 31.1 Å². The summed E-state index contributed by atoms with van der Waals surface area (Å²) in [5, 5.41) is 4.03. The van der Waals surface area contributed by atoms with Crippen molar-refractivity contribution >= 4 is 30.0 Å². The number of rotatable bonds is 6. The van der Waals surface area contributed by atoms with Crippen molar-refractivity contribution in [1.29, 1.82) is 0 Å². The Balaban J connectivity index is 1.96. The van der Waals surface area contributed by atoms with Crippen molar-refractivity contribution in [2.45, 2.75) is 25.5 Å². The number of nitrogens with one attached hydrogen (secondary N) is 1. The second-order valence-corrected chi connectivity index (χ2v) is 6.14. The third kappa shape index (κ3) is 4.35. The number of quaternary nitrogens is 1. The number of ether oxygens (including phenoxy) is 1. The van der Waals surface area contributed by atoms with E-state index in [1.807, 2.05) is 43.5 Å². The molecule has 6 heteroatoms. The zero-order chi connectivity index (χ0) is 15.9. The minimum absolute atomic E-state index is 0.0948. The fourth-order valence-electron chi connectivity index (χ4n) is 2.06. The highest BCUT2D eigenvalue weighted by atomic mass is 32.2. The number of fused-ring (bicyclic) bond motifs is 1. The van der Waals surface area contributed by atoms with E-state index in [0.29, 0.717) is 0 Å². The maximum atomic E-state index is 11.8. The van der Waals surface area contributed by atoms with E-state index in [4.69, 9.17) is 4.74 Å². The summed E-state index contributed by atoms with van der Waals surface area (Å²) in [6.07, 6.45) is 6.33. The average molecular weight is 320 g/mol. The fraction of sp³-hybridized carbons (Fsp3) is 0.375. The second-order valence-electron chi connectivity index (χ2n) is 5.15. The smallest absolute Gasteiger partial charge is 0.298 e. The number of hydrazone groups is 1. The molecule has 1 heterocycles. The van der Waals surface area contributed by atoms with Gasteiger partial charge in [0.05, 0.1) is 6.21 Å². The van der Waals surface area contributed by atoms with Crippen LogP contribution in [0.25, 0.3) is 6.08 Å². The zero-order valence-corrected chi connectivity index (χ0v) is 13.7. The maximum Gasteiger partial charge on any atom is 0.298 e. The minimum atomic E-state index is -0.278. The van der Waals surface area contributed by atoms with Gasteiger partial charge < -0.3 is 10.5 Å². The second kappa shape index (κ2) is 8.00. The quantitative estimate of drug-likeness (QED) is 0.613. The molecule has 2 atom stereocenters. The summed E-state index contributed by atoms with van der Waals surface area (Å²) in [5.41, 5.74) is 8.33. The number of nitrogens with zero attached hydrogens (tertiary/aromatic N) is 1. The van der Waals surface area contributed by atoms with Crippen LogP contribution >= 0.6 is 11.8 Å². The summed E-state index contributed by atoms with van der Waals surface area (Å²) >= 11 is 1.70. The van der Waals surface area contributed by atoms with Gasteiger partial charge in [0.2, 0.25) is 0 Å². The topological polar surface area (TPSA) is 78.3 Å². The summed E-state index contributed by atoms with van der Waals surface area (Å²) in [6, 6.07) is 7.56. The van der Waals surface area contributed by atoms with E-state index >= 15 is 0 Å². The first-order valence-corrected chi connectivity index (χ1v) is 8.63. The molecule has 5 nitrogen and oxygen atoms in total. The molecule has 0 unspecified atom stereocenters. The molecular formula is C16H22N3O2S+. The van der Waals surface area contributed by atoms with Crippen LogP contribution in [0.15, 0.2) is 34.9 Å². The maximum absolute atomic E-state index is 11.8. The first-order chi connectivity index (χ1) is 10.6. The first kappa shape index (κ1) is 16.6. The predicted molar refractivity (Wildman–Crippen MR) is 90.8 cm³/mol. The molecular weight excluding hydrogens is 298 g/mol. The lowest BCUT2D eigenvalue weighted by Crippen LogP contribution is -2.67. The summed E-state index contributed by atoms with van der Waals surface area (Å²) in [6.45, 7) is 1.96. The number of hydrogen-bond donors (Lipinski definition) is 2. The van der Waals surface area contributed by atoms with Crippen molar-refractivity contribution in [2.24, 2.45) is 5.10 Å². The van der Waals surface area contributed by atoms with E-state index in [2.05, 4.69) is 16.3 Å². The number of para-hydroxylation sites is 1. The van der Waals surface area contributed by atoms with Gasteiger partial charge in [-0.25, -0.2) is 5.43 Å². The Morgan fingerprint density at radius 1 is 1.55 bits per heavy atom. The van der Waals surface area contributed by atoms with Gasteiger partial charge in [0, 0.05) is 17.6 Å². The highest BCUT2D eigenvalue weighted by Crippen LogP contribution is 2.28. The standard InChI is InChI=1S/C16H21N3O2S/c1-11-13(9-12-5-3-4-6-15(12)21-11)10-18-19-16(20)14(17)7-8-22-2/h3-6,9-11,14H,7-8,17H2,1-2H3,(H,19,20)/p+1/b18-10-/t11-,14-/m1/s1. The minimum Gasteiger partial charge on any atom is -0.485 e. The van der Waals surface area contributed by atoms with Crippen LogP contribution < -0.4 is 15.9 Å². The molecule has 1 aromatic carbocycles. The summed E-state index contributed by atoms with van der Waals surface area (Å²) in [7, 11) is 0. The molecule has 0 aromatic heterocycles. The van der Waals surface area contributed by atoms with Gasteiger partial charge >= 0.3 is 0 Å². The summed E-state index contributed by atoms with van der Waals surface area (Å²) < 4.78 is 5.82. The van der Waals surface area contributed by atoms with Crippen molar-refractivity contribution in [1.82, 2.24) is 5.43 Å². The molecule has 1 aliphatic rings. The molecule has 0 bridgehead atoms. The Morgan fingerprint density at radius 2 is 2.32 bits per heavy atom. The molecule has 0 fully saturated rings. The van der Waals surface area contributed by atoms with E-state index in [-0.39, 0.29) is 18.1 Å². The van der Waals surface area contributed by atoms with Crippen molar-refractivity contribution in [3.05, 3.63) is 35.4 Å². The first-order valence-electron chi connectivity index (χ1n) is 7.24. The zero-order valence-electron chi connectivity index (χ0n) is 12.9. The highest BCUT2D eigenvalue weighted by Gasteiger charge is 2.18. The molecule has 22 heavy (non-hydrogen) atoms. The van der Waals surface area contributed by atoms with Gasteiger partial charge in [0.25, 0.3) is 5.91 Å². The van der Waals surface area contributed by atoms with Gasteiger partial charge in [-0.1, -0.05) is 18.2 Å². The van der Waals surface area contributed by atoms with Gasteiger partial charge in [-0.2, -0.15) is 16.9 Å². The van der Waals surface area contributed by atoms with E-state index in [1.54, 1.807) is 18.0 Å². The van der Waals surface area contributed by atoms with Crippen molar-refractivity contribution < 1.29 is 15.3 Å². The fourth-order valence-corrected chi connectivity index (χ4v) is 2.58. The molecule has 1 amide bonds. The predicted octanol–water partition coefficient (Wildman–Crippen LogP) is 1.32. The molecule has 1 aliphatic heterocycles. The van der Waals surface area contributed by atoms with E-state index in [9.17, 15) is 4.79 Å². The van der Waals surface area contributed by atoms with Crippen LogP contribution in [0.2, 0.25) is 0 Å². The van der Waals surface area contributed by atoms with Crippen LogP contribution in [0.5, 0.6) is 5.75 Å². The number of carbonyl (C=O) groups excluding carboxylic acids is 1. The summed E-state index contributed by atoms with van der Waals surface area (Å²) in [4.78, 5) is 11.8. The Morgan fingerprint density at radius 3 is 3.09 bits per heavy atom. The van der Waals surface area contributed by atoms with Crippen LogP contribution in [0.1, 0.15) is 18.9 Å². The molecule has 2 rings (SSSR count). The molecule has 0 radical (unpaired) electrons. The lowest BCUT2D eigenvalue weighted by molar-refractivity contribution is -0.403. The van der Waals surface area contributed by atoms with Crippen LogP contribution in [0, 0.1) is 0 Å². The van der Waals surface area contributed by atoms with Crippen LogP contribution in [-0.2, 0) is 4.79 Å². The molecule has 0 spiro atoms. The lowest BCUT2D eigenvalue weighted by Gasteiger charge is -2.22. The summed E-state index contributed by atoms with van der Waals surface area (Å²) in [5.74, 6) is 1.62. The average Bonchev–Trinajstić information content (AvgIpc) is 2.52. The van der Waals surface area contributed by atoms with Gasteiger partial charge in [0.15, 0.2) is 6.04 Å². The van der Waals surface area contributed by atoms with Crippen molar-refractivity contribution in [3.63, 3.8) is 0 Å². The third-order valence-electron chi connectivity index (χ3n) is 3.44. The van der Waals surface area contributed by atoms with Gasteiger partial charge in [0.1, 0.15) is 11.9 Å². The Bertz CT molecular complexity index is 587. The number of amides is 1. The molecule has 4 N–H and O–H groups in total. The van der Waals surface area contributed by atoms with Crippen molar-refractivity contribution in [2.75, 3.05) is 12.0 Å². The molecule has 118 valence electrons. The largest absolute Gasteiger partial charge is 0.485 e. The highest BCUT2D eigenvalue weighted by molar-refractivity contribution is 7.98. The van der Waals surface area contributed by atoms with Crippen LogP contribution in [0.3, 0.4) is 0 Å². The normalized spacial score (nSPS) is 18.3. The van der Waals surface area contributed by atoms with E-state index in [1.165, 1.54) is 0 Å². The SMILES string of the molecule is CSCC[C@@H]([NH3+])C(=O)N/N=C\C1=Cc2ccccc2O[C@@H]1C. The Kier molecular flexibility index (Phi) is 6.03. The number of benzene rings is 1. The molecule has 1 aromatic rings.